The second-order valence-electron chi connectivity index (χ2n) is 3.76. The van der Waals surface area contributed by atoms with Gasteiger partial charge in [0.15, 0.2) is 0 Å². The first-order valence-corrected chi connectivity index (χ1v) is 4.69. The van der Waals surface area contributed by atoms with Gasteiger partial charge in [-0.05, 0) is 29.2 Å². The first kappa shape index (κ1) is 11.8. The van der Waals surface area contributed by atoms with Crippen LogP contribution in [-0.2, 0) is 6.18 Å². The standard InChI is InChI=1S/C12H13F3/c1-8(2)9(3)10-5-4-6-11(7-10)12(13,14)15/h4-8H,3H2,1-2H3. The monoisotopic (exact) mass is 214 g/mol. The van der Waals surface area contributed by atoms with E-state index in [1.54, 1.807) is 6.07 Å². The molecule has 0 fully saturated rings. The normalized spacial score (nSPS) is 11.9. The summed E-state index contributed by atoms with van der Waals surface area (Å²) in [6, 6.07) is 5.27. The summed E-state index contributed by atoms with van der Waals surface area (Å²) in [6.07, 6.45) is -4.28. The summed E-state index contributed by atoms with van der Waals surface area (Å²) in [5.41, 5.74) is 0.655. The summed E-state index contributed by atoms with van der Waals surface area (Å²) >= 11 is 0. The minimum absolute atomic E-state index is 0.147. The molecule has 1 aromatic rings. The van der Waals surface area contributed by atoms with E-state index in [9.17, 15) is 13.2 Å². The van der Waals surface area contributed by atoms with Crippen molar-refractivity contribution in [2.75, 3.05) is 0 Å². The molecule has 0 aliphatic rings. The minimum atomic E-state index is -4.28. The van der Waals surface area contributed by atoms with E-state index in [0.29, 0.717) is 5.56 Å². The number of halogens is 3. The van der Waals surface area contributed by atoms with Crippen LogP contribution in [0.4, 0.5) is 13.2 Å². The Morgan fingerprint density at radius 1 is 1.27 bits per heavy atom. The second kappa shape index (κ2) is 4.09. The first-order chi connectivity index (χ1) is 6.82. The number of alkyl halides is 3. The minimum Gasteiger partial charge on any atom is -0.166 e. The smallest absolute Gasteiger partial charge is 0.166 e. The Hall–Kier alpha value is -1.25. The van der Waals surface area contributed by atoms with Gasteiger partial charge in [-0.15, -0.1) is 0 Å². The fourth-order valence-corrected chi connectivity index (χ4v) is 1.23. The molecule has 0 amide bonds. The molecule has 0 bridgehead atoms. The maximum absolute atomic E-state index is 12.4. The lowest BCUT2D eigenvalue weighted by molar-refractivity contribution is -0.137. The van der Waals surface area contributed by atoms with Crippen molar-refractivity contribution < 1.29 is 13.2 Å². The van der Waals surface area contributed by atoms with Gasteiger partial charge in [-0.3, -0.25) is 0 Å². The highest BCUT2D eigenvalue weighted by molar-refractivity contribution is 5.65. The molecule has 0 nitrogen and oxygen atoms in total. The van der Waals surface area contributed by atoms with Crippen LogP contribution >= 0.6 is 0 Å². The fourth-order valence-electron chi connectivity index (χ4n) is 1.23. The molecule has 0 aliphatic carbocycles. The molecule has 0 spiro atoms. The summed E-state index contributed by atoms with van der Waals surface area (Å²) in [5, 5.41) is 0. The molecule has 1 aromatic carbocycles. The fraction of sp³-hybridized carbons (Fsp3) is 0.333. The molecule has 0 aromatic heterocycles. The van der Waals surface area contributed by atoms with Gasteiger partial charge in [-0.2, -0.15) is 13.2 Å². The van der Waals surface area contributed by atoms with E-state index in [1.165, 1.54) is 6.07 Å². The lowest BCUT2D eigenvalue weighted by Gasteiger charge is -2.12. The highest BCUT2D eigenvalue weighted by Crippen LogP contribution is 2.31. The van der Waals surface area contributed by atoms with E-state index < -0.39 is 11.7 Å². The Labute approximate surface area is 87.4 Å². The SMILES string of the molecule is C=C(c1cccc(C(F)(F)F)c1)C(C)C. The molecular formula is C12H13F3. The van der Waals surface area contributed by atoms with Crippen molar-refractivity contribution in [1.82, 2.24) is 0 Å². The molecule has 0 saturated carbocycles. The Bertz CT molecular complexity index is 361. The summed E-state index contributed by atoms with van der Waals surface area (Å²) in [5.74, 6) is 0.147. The van der Waals surface area contributed by atoms with Crippen LogP contribution in [-0.4, -0.2) is 0 Å². The van der Waals surface area contributed by atoms with E-state index in [1.807, 2.05) is 13.8 Å². The van der Waals surface area contributed by atoms with Crippen LogP contribution in [0.1, 0.15) is 25.0 Å². The molecule has 0 N–H and O–H groups in total. The molecule has 0 aliphatic heterocycles. The van der Waals surface area contributed by atoms with Gasteiger partial charge in [0, 0.05) is 0 Å². The molecule has 0 saturated heterocycles. The number of hydrogen-bond donors (Lipinski definition) is 0. The van der Waals surface area contributed by atoms with Crippen LogP contribution < -0.4 is 0 Å². The van der Waals surface area contributed by atoms with Crippen molar-refractivity contribution in [2.24, 2.45) is 5.92 Å². The average Bonchev–Trinajstić information content (AvgIpc) is 2.15. The van der Waals surface area contributed by atoms with Crippen molar-refractivity contribution in [3.05, 3.63) is 42.0 Å². The van der Waals surface area contributed by atoms with Gasteiger partial charge in [0.1, 0.15) is 0 Å². The maximum Gasteiger partial charge on any atom is 0.416 e. The number of allylic oxidation sites excluding steroid dienone is 1. The largest absolute Gasteiger partial charge is 0.416 e. The van der Waals surface area contributed by atoms with Gasteiger partial charge in [0.25, 0.3) is 0 Å². The molecule has 1 rings (SSSR count). The van der Waals surface area contributed by atoms with Crippen LogP contribution in [0.3, 0.4) is 0 Å². The van der Waals surface area contributed by atoms with Gasteiger partial charge < -0.3 is 0 Å². The van der Waals surface area contributed by atoms with Gasteiger partial charge in [-0.1, -0.05) is 32.6 Å². The predicted molar refractivity (Wildman–Crippen MR) is 55.3 cm³/mol. The zero-order chi connectivity index (χ0) is 11.6. The molecular weight excluding hydrogens is 201 g/mol. The quantitative estimate of drug-likeness (QED) is 0.685. The lowest BCUT2D eigenvalue weighted by atomic mass is 9.96. The zero-order valence-corrected chi connectivity index (χ0v) is 8.73. The lowest BCUT2D eigenvalue weighted by Crippen LogP contribution is -2.05. The topological polar surface area (TPSA) is 0 Å². The maximum atomic E-state index is 12.4. The van der Waals surface area contributed by atoms with Gasteiger partial charge in [-0.25, -0.2) is 0 Å². The molecule has 3 heteroatoms. The number of rotatable bonds is 2. The van der Waals surface area contributed by atoms with Crippen LogP contribution in [0.2, 0.25) is 0 Å². The highest BCUT2D eigenvalue weighted by atomic mass is 19.4. The predicted octanol–water partition coefficient (Wildman–Crippen LogP) is 4.37. The molecule has 15 heavy (non-hydrogen) atoms. The Morgan fingerprint density at radius 2 is 1.87 bits per heavy atom. The first-order valence-electron chi connectivity index (χ1n) is 4.69. The average molecular weight is 214 g/mol. The van der Waals surface area contributed by atoms with Gasteiger partial charge in [0.2, 0.25) is 0 Å². The van der Waals surface area contributed by atoms with Crippen molar-refractivity contribution in [3.63, 3.8) is 0 Å². The van der Waals surface area contributed by atoms with Crippen molar-refractivity contribution >= 4 is 5.57 Å². The second-order valence-corrected chi connectivity index (χ2v) is 3.76. The third kappa shape index (κ3) is 2.85. The number of benzene rings is 1. The van der Waals surface area contributed by atoms with Crippen molar-refractivity contribution in [1.29, 1.82) is 0 Å². The Kier molecular flexibility index (Phi) is 3.22. The summed E-state index contributed by atoms with van der Waals surface area (Å²) in [4.78, 5) is 0. The van der Waals surface area contributed by atoms with Crippen LogP contribution in [0.5, 0.6) is 0 Å². The number of hydrogen-bond acceptors (Lipinski definition) is 0. The molecule has 0 radical (unpaired) electrons. The summed E-state index contributed by atoms with van der Waals surface area (Å²) in [7, 11) is 0. The zero-order valence-electron chi connectivity index (χ0n) is 8.73. The van der Waals surface area contributed by atoms with E-state index in [-0.39, 0.29) is 5.92 Å². The van der Waals surface area contributed by atoms with E-state index in [0.717, 1.165) is 17.7 Å². The van der Waals surface area contributed by atoms with Crippen LogP contribution in [0.25, 0.3) is 5.57 Å². The Morgan fingerprint density at radius 3 is 2.33 bits per heavy atom. The highest BCUT2D eigenvalue weighted by Gasteiger charge is 2.30. The van der Waals surface area contributed by atoms with Crippen LogP contribution in [0, 0.1) is 5.92 Å². The third-order valence-corrected chi connectivity index (χ3v) is 2.26. The molecule has 0 unspecified atom stereocenters. The Balaban J connectivity index is 3.09. The van der Waals surface area contributed by atoms with Gasteiger partial charge >= 0.3 is 6.18 Å². The van der Waals surface area contributed by atoms with E-state index >= 15 is 0 Å². The molecule has 0 atom stereocenters. The molecule has 82 valence electrons. The summed E-state index contributed by atoms with van der Waals surface area (Å²) in [6.45, 7) is 7.59. The van der Waals surface area contributed by atoms with E-state index in [4.69, 9.17) is 0 Å². The third-order valence-electron chi connectivity index (χ3n) is 2.26. The van der Waals surface area contributed by atoms with Crippen LogP contribution in [0.15, 0.2) is 30.8 Å². The van der Waals surface area contributed by atoms with Crippen molar-refractivity contribution in [2.45, 2.75) is 20.0 Å². The van der Waals surface area contributed by atoms with E-state index in [2.05, 4.69) is 6.58 Å². The summed E-state index contributed by atoms with van der Waals surface area (Å²) < 4.78 is 37.2. The molecule has 0 heterocycles. The van der Waals surface area contributed by atoms with Crippen molar-refractivity contribution in [3.8, 4) is 0 Å². The van der Waals surface area contributed by atoms with Gasteiger partial charge in [0.05, 0.1) is 5.56 Å².